The van der Waals surface area contributed by atoms with Gasteiger partial charge in [-0.25, -0.2) is 0 Å². The number of carbonyl (C=O) groups excluding carboxylic acids is 2. The topological polar surface area (TPSA) is 92.9 Å². The average molecular weight is 454 g/mol. The number of furan rings is 1. The molecule has 1 amide bonds. The normalized spacial score (nSPS) is 15.9. The maximum absolute atomic E-state index is 13.7. The highest BCUT2D eigenvalue weighted by Gasteiger charge is 2.45. The molecule has 0 saturated carbocycles. The molecule has 5 rings (SSSR count). The van der Waals surface area contributed by atoms with Crippen molar-refractivity contribution in [2.24, 2.45) is 0 Å². The molecule has 1 unspecified atom stereocenters. The van der Waals surface area contributed by atoms with Crippen LogP contribution in [0, 0.1) is 13.8 Å². The van der Waals surface area contributed by atoms with E-state index in [1.807, 2.05) is 32.0 Å². The molecule has 0 spiro atoms. The van der Waals surface area contributed by atoms with Crippen molar-refractivity contribution >= 4 is 28.3 Å². The van der Waals surface area contributed by atoms with Crippen molar-refractivity contribution in [3.63, 3.8) is 0 Å². The zero-order valence-corrected chi connectivity index (χ0v) is 18.9. The number of pyridine rings is 1. The third-order valence-electron chi connectivity index (χ3n) is 6.04. The van der Waals surface area contributed by atoms with Crippen molar-refractivity contribution in [2.75, 3.05) is 12.0 Å². The monoisotopic (exact) mass is 454 g/mol. The minimum atomic E-state index is -0.848. The van der Waals surface area contributed by atoms with Gasteiger partial charge in [-0.2, -0.15) is 0 Å². The number of aliphatic hydroxyl groups is 1. The summed E-state index contributed by atoms with van der Waals surface area (Å²) in [5.74, 6) is -1.32. The molecule has 0 bridgehead atoms. The molecule has 7 nitrogen and oxygen atoms in total. The predicted octanol–water partition coefficient (Wildman–Crippen LogP) is 5.24. The molecule has 2 aromatic heterocycles. The van der Waals surface area contributed by atoms with Gasteiger partial charge in [0.1, 0.15) is 0 Å². The quantitative estimate of drug-likeness (QED) is 0.415. The van der Waals surface area contributed by atoms with Crippen molar-refractivity contribution in [1.29, 1.82) is 0 Å². The fourth-order valence-electron chi connectivity index (χ4n) is 4.46. The third kappa shape index (κ3) is 3.33. The summed E-state index contributed by atoms with van der Waals surface area (Å²) >= 11 is 0. The van der Waals surface area contributed by atoms with E-state index >= 15 is 0 Å². The highest BCUT2D eigenvalue weighted by molar-refractivity contribution is 6.21. The number of aliphatic hydroxyl groups excluding tert-OH is 1. The molecular formula is C27H22N2O5. The van der Waals surface area contributed by atoms with Crippen LogP contribution in [0.4, 0.5) is 5.69 Å². The first kappa shape index (κ1) is 21.5. The first-order valence-electron chi connectivity index (χ1n) is 10.8. The van der Waals surface area contributed by atoms with Crippen molar-refractivity contribution in [1.82, 2.24) is 4.98 Å². The number of rotatable bonds is 5. The third-order valence-corrected chi connectivity index (χ3v) is 6.04. The van der Waals surface area contributed by atoms with Gasteiger partial charge in [0.2, 0.25) is 5.78 Å². The molecule has 170 valence electrons. The largest absolute Gasteiger partial charge is 0.503 e. The lowest BCUT2D eigenvalue weighted by atomic mass is 9.95. The number of nitrogens with zero attached hydrogens (tertiary/aromatic N) is 2. The van der Waals surface area contributed by atoms with E-state index < -0.39 is 23.5 Å². The molecule has 34 heavy (non-hydrogen) atoms. The Bertz CT molecular complexity index is 1470. The molecule has 0 aliphatic carbocycles. The second kappa shape index (κ2) is 8.19. The fraction of sp³-hybridized carbons (Fsp3) is 0.148. The molecule has 1 N–H and O–H groups in total. The van der Waals surface area contributed by atoms with E-state index in [1.165, 1.54) is 12.0 Å². The van der Waals surface area contributed by atoms with Crippen LogP contribution < -0.4 is 9.64 Å². The summed E-state index contributed by atoms with van der Waals surface area (Å²) in [6.07, 6.45) is 3.17. The van der Waals surface area contributed by atoms with Gasteiger partial charge in [0.25, 0.3) is 5.91 Å². The Morgan fingerprint density at radius 3 is 2.56 bits per heavy atom. The zero-order valence-electron chi connectivity index (χ0n) is 18.9. The molecule has 1 aliphatic heterocycles. The van der Waals surface area contributed by atoms with Gasteiger partial charge in [0.05, 0.1) is 18.7 Å². The van der Waals surface area contributed by atoms with Gasteiger partial charge < -0.3 is 14.3 Å². The summed E-state index contributed by atoms with van der Waals surface area (Å²) in [4.78, 5) is 32.6. The van der Waals surface area contributed by atoms with E-state index in [4.69, 9.17) is 9.15 Å². The Labute approximate surface area is 195 Å². The van der Waals surface area contributed by atoms with E-state index in [2.05, 4.69) is 4.98 Å². The van der Waals surface area contributed by atoms with Gasteiger partial charge in [-0.05, 0) is 55.3 Å². The lowest BCUT2D eigenvalue weighted by Crippen LogP contribution is -2.31. The Morgan fingerprint density at radius 2 is 1.85 bits per heavy atom. The van der Waals surface area contributed by atoms with Crippen LogP contribution in [0.2, 0.25) is 0 Å². The van der Waals surface area contributed by atoms with Crippen LogP contribution >= 0.6 is 0 Å². The number of carbonyl (C=O) groups is 2. The van der Waals surface area contributed by atoms with Crippen LogP contribution in [-0.4, -0.2) is 28.9 Å². The molecule has 2 aromatic carbocycles. The van der Waals surface area contributed by atoms with Crippen LogP contribution in [0.15, 0.2) is 82.7 Å². The van der Waals surface area contributed by atoms with E-state index in [0.717, 1.165) is 11.1 Å². The van der Waals surface area contributed by atoms with Gasteiger partial charge in [-0.3, -0.25) is 19.5 Å². The van der Waals surface area contributed by atoms with Crippen LogP contribution in [0.5, 0.6) is 5.75 Å². The second-order valence-electron chi connectivity index (χ2n) is 8.23. The lowest BCUT2D eigenvalue weighted by Gasteiger charge is -2.28. The Balaban J connectivity index is 1.67. The second-order valence-corrected chi connectivity index (χ2v) is 8.23. The molecule has 0 saturated heterocycles. The Morgan fingerprint density at radius 1 is 1.09 bits per heavy atom. The maximum atomic E-state index is 13.7. The highest BCUT2D eigenvalue weighted by Crippen LogP contribution is 2.43. The van der Waals surface area contributed by atoms with Crippen molar-refractivity contribution in [3.8, 4) is 5.75 Å². The number of ketones is 1. The average Bonchev–Trinajstić information content (AvgIpc) is 3.39. The molecular weight excluding hydrogens is 432 g/mol. The number of fused-ring (bicyclic) bond motifs is 1. The first-order valence-corrected chi connectivity index (χ1v) is 10.8. The fourth-order valence-corrected chi connectivity index (χ4v) is 4.46. The maximum Gasteiger partial charge on any atom is 0.294 e. The number of aryl methyl sites for hydroxylation is 2. The van der Waals surface area contributed by atoms with Crippen molar-refractivity contribution < 1.29 is 23.8 Å². The molecule has 0 radical (unpaired) electrons. The highest BCUT2D eigenvalue weighted by atomic mass is 16.5. The number of methoxy groups -OCH3 is 1. The number of benzene rings is 2. The summed E-state index contributed by atoms with van der Waals surface area (Å²) in [6, 6.07) is 15.2. The summed E-state index contributed by atoms with van der Waals surface area (Å²) in [5.41, 5.74) is 3.52. The SMILES string of the molecule is COc1cccc2cc(C(=O)C3=C(O)C(=O)N(c4ccc(C)cc4C)C3c3ccncc3)oc12. The van der Waals surface area contributed by atoms with Gasteiger partial charge >= 0.3 is 0 Å². The van der Waals surface area contributed by atoms with E-state index in [0.29, 0.717) is 28.0 Å². The summed E-state index contributed by atoms with van der Waals surface area (Å²) in [6.45, 7) is 3.85. The summed E-state index contributed by atoms with van der Waals surface area (Å²) in [5, 5.41) is 11.6. The van der Waals surface area contributed by atoms with Crippen LogP contribution in [0.25, 0.3) is 11.0 Å². The van der Waals surface area contributed by atoms with Gasteiger partial charge in [-0.15, -0.1) is 0 Å². The number of anilines is 1. The molecule has 4 aromatic rings. The molecule has 1 atom stereocenters. The van der Waals surface area contributed by atoms with Crippen molar-refractivity contribution in [3.05, 3.63) is 101 Å². The number of aromatic nitrogens is 1. The van der Waals surface area contributed by atoms with Gasteiger partial charge in [0.15, 0.2) is 22.9 Å². The summed E-state index contributed by atoms with van der Waals surface area (Å²) in [7, 11) is 1.52. The minimum absolute atomic E-state index is 0.00961. The van der Waals surface area contributed by atoms with E-state index in [-0.39, 0.29) is 11.3 Å². The summed E-state index contributed by atoms with van der Waals surface area (Å²) < 4.78 is 11.2. The van der Waals surface area contributed by atoms with E-state index in [9.17, 15) is 14.7 Å². The number of hydrogen-bond donors (Lipinski definition) is 1. The number of Topliss-reactive ketones (excluding diaryl/α,β-unsaturated/α-hetero) is 1. The number of hydrogen-bond acceptors (Lipinski definition) is 6. The Kier molecular flexibility index (Phi) is 5.17. The van der Waals surface area contributed by atoms with Gasteiger partial charge in [0, 0.05) is 23.5 Å². The molecule has 3 heterocycles. The van der Waals surface area contributed by atoms with Gasteiger partial charge in [-0.1, -0.05) is 29.8 Å². The minimum Gasteiger partial charge on any atom is -0.503 e. The Hall–Kier alpha value is -4.39. The van der Waals surface area contributed by atoms with Crippen LogP contribution in [0.1, 0.15) is 33.3 Å². The smallest absolute Gasteiger partial charge is 0.294 e. The molecule has 7 heteroatoms. The predicted molar refractivity (Wildman–Crippen MR) is 127 cm³/mol. The number of ether oxygens (including phenoxy) is 1. The first-order chi connectivity index (χ1) is 16.4. The number of amides is 1. The van der Waals surface area contributed by atoms with Crippen molar-refractivity contribution in [2.45, 2.75) is 19.9 Å². The molecule has 0 fully saturated rings. The van der Waals surface area contributed by atoms with Crippen LogP contribution in [0.3, 0.4) is 0 Å². The van der Waals surface area contributed by atoms with E-state index in [1.54, 1.807) is 48.8 Å². The zero-order chi connectivity index (χ0) is 24.0. The number of para-hydroxylation sites is 1. The lowest BCUT2D eigenvalue weighted by molar-refractivity contribution is -0.117. The molecule has 1 aliphatic rings. The standard InChI is InChI=1S/C27H22N2O5/c1-15-7-8-19(16(2)13-15)29-23(17-9-11-28-12-10-17)22(25(31)27(29)32)24(30)21-14-18-5-4-6-20(33-3)26(18)34-21/h4-14,23,31H,1-3H3. The van der Waals surface area contributed by atoms with Crippen LogP contribution in [-0.2, 0) is 4.79 Å².